The zero-order chi connectivity index (χ0) is 13.0. The molecule has 0 aliphatic carbocycles. The Bertz CT molecular complexity index is 490. The Hall–Kier alpha value is -1.19. The molecule has 1 aromatic carbocycles. The quantitative estimate of drug-likeness (QED) is 0.876. The highest BCUT2D eigenvalue weighted by atomic mass is 32.1. The number of rotatable bonds is 5. The molecule has 0 fully saturated rings. The van der Waals surface area contributed by atoms with Gasteiger partial charge in [0.05, 0.1) is 11.7 Å². The van der Waals surface area contributed by atoms with E-state index in [-0.39, 0.29) is 6.04 Å². The molecule has 0 aliphatic rings. The van der Waals surface area contributed by atoms with E-state index in [0.29, 0.717) is 0 Å². The van der Waals surface area contributed by atoms with Gasteiger partial charge in [-0.1, -0.05) is 50.6 Å². The minimum Gasteiger partial charge on any atom is -0.322 e. The normalized spacial score (nSPS) is 12.6. The van der Waals surface area contributed by atoms with Crippen molar-refractivity contribution in [1.82, 2.24) is 4.98 Å². The predicted molar refractivity (Wildman–Crippen MR) is 78.8 cm³/mol. The smallest absolute Gasteiger partial charge is 0.110 e. The molecule has 2 nitrogen and oxygen atoms in total. The number of hydrogen-bond donors (Lipinski definition) is 1. The molecule has 0 bridgehead atoms. The summed E-state index contributed by atoms with van der Waals surface area (Å²) in [6, 6.07) is 10.5. The van der Waals surface area contributed by atoms with Gasteiger partial charge in [0.2, 0.25) is 0 Å². The maximum absolute atomic E-state index is 6.17. The Labute approximate surface area is 113 Å². The summed E-state index contributed by atoms with van der Waals surface area (Å²) in [6.07, 6.45) is 3.12. The third-order valence-electron chi connectivity index (χ3n) is 3.00. The predicted octanol–water partition coefficient (Wildman–Crippen LogP) is 4.17. The number of aromatic nitrogens is 1. The van der Waals surface area contributed by atoms with Crippen LogP contribution in [0.15, 0.2) is 30.3 Å². The molecule has 2 N–H and O–H groups in total. The van der Waals surface area contributed by atoms with Crippen LogP contribution in [0.4, 0.5) is 0 Å². The van der Waals surface area contributed by atoms with E-state index in [1.807, 2.05) is 6.07 Å². The fourth-order valence-corrected chi connectivity index (χ4v) is 3.09. The van der Waals surface area contributed by atoms with Crippen LogP contribution in [0, 0.1) is 0 Å². The summed E-state index contributed by atoms with van der Waals surface area (Å²) in [5.41, 5.74) is 8.48. The second-order valence-electron chi connectivity index (χ2n) is 4.44. The molecule has 1 unspecified atom stereocenters. The van der Waals surface area contributed by atoms with Crippen LogP contribution in [0.1, 0.15) is 42.6 Å². The Morgan fingerprint density at radius 3 is 2.56 bits per heavy atom. The monoisotopic (exact) mass is 260 g/mol. The molecule has 2 aromatic rings. The van der Waals surface area contributed by atoms with E-state index in [4.69, 9.17) is 10.7 Å². The molecule has 96 valence electrons. The molecule has 0 saturated carbocycles. The standard InChI is InChI=1S/C15H20N2S/c1-3-8-12(16)15-17-14(13(4-2)18-15)11-9-6-5-7-10-11/h5-7,9-10,12H,3-4,8,16H2,1-2H3. The van der Waals surface area contributed by atoms with Crippen molar-refractivity contribution in [2.75, 3.05) is 0 Å². The third kappa shape index (κ3) is 2.79. The summed E-state index contributed by atoms with van der Waals surface area (Å²) in [5, 5.41) is 1.08. The van der Waals surface area contributed by atoms with E-state index in [1.54, 1.807) is 11.3 Å². The Balaban J connectivity index is 2.36. The molecule has 1 heterocycles. The lowest BCUT2D eigenvalue weighted by Gasteiger charge is -2.04. The van der Waals surface area contributed by atoms with Crippen molar-refractivity contribution < 1.29 is 0 Å². The minimum atomic E-state index is 0.0859. The zero-order valence-electron chi connectivity index (χ0n) is 11.0. The number of benzene rings is 1. The van der Waals surface area contributed by atoms with Gasteiger partial charge in [0.25, 0.3) is 0 Å². The molecular weight excluding hydrogens is 240 g/mol. The van der Waals surface area contributed by atoms with Crippen molar-refractivity contribution in [1.29, 1.82) is 0 Å². The van der Waals surface area contributed by atoms with E-state index < -0.39 is 0 Å². The number of nitrogens with zero attached hydrogens (tertiary/aromatic N) is 1. The number of aryl methyl sites for hydroxylation is 1. The molecular formula is C15H20N2S. The lowest BCUT2D eigenvalue weighted by atomic mass is 10.1. The van der Waals surface area contributed by atoms with E-state index in [0.717, 1.165) is 30.0 Å². The first-order valence-electron chi connectivity index (χ1n) is 6.56. The first-order chi connectivity index (χ1) is 8.76. The summed E-state index contributed by atoms with van der Waals surface area (Å²) in [7, 11) is 0. The third-order valence-corrected chi connectivity index (χ3v) is 4.33. The van der Waals surface area contributed by atoms with Gasteiger partial charge in [-0.3, -0.25) is 0 Å². The molecule has 0 amide bonds. The van der Waals surface area contributed by atoms with Crippen LogP contribution in [-0.2, 0) is 6.42 Å². The highest BCUT2D eigenvalue weighted by Gasteiger charge is 2.15. The number of nitrogens with two attached hydrogens (primary N) is 1. The molecule has 1 aromatic heterocycles. The van der Waals surface area contributed by atoms with Crippen molar-refractivity contribution in [2.24, 2.45) is 5.73 Å². The summed E-state index contributed by atoms with van der Waals surface area (Å²) >= 11 is 1.77. The molecule has 1 atom stereocenters. The Kier molecular flexibility index (Phi) is 4.50. The van der Waals surface area contributed by atoms with Crippen molar-refractivity contribution in [3.8, 4) is 11.3 Å². The second kappa shape index (κ2) is 6.12. The van der Waals surface area contributed by atoms with Crippen LogP contribution in [0.2, 0.25) is 0 Å². The fourth-order valence-electron chi connectivity index (χ4n) is 2.02. The van der Waals surface area contributed by atoms with Crippen molar-refractivity contribution in [2.45, 2.75) is 39.2 Å². The largest absolute Gasteiger partial charge is 0.322 e. The SMILES string of the molecule is CCCC(N)c1nc(-c2ccccc2)c(CC)s1. The summed E-state index contributed by atoms with van der Waals surface area (Å²) in [5.74, 6) is 0. The maximum Gasteiger partial charge on any atom is 0.110 e. The van der Waals surface area contributed by atoms with E-state index in [1.165, 1.54) is 10.4 Å². The van der Waals surface area contributed by atoms with Crippen LogP contribution in [0.25, 0.3) is 11.3 Å². The van der Waals surface area contributed by atoms with Crippen molar-refractivity contribution in [3.63, 3.8) is 0 Å². The second-order valence-corrected chi connectivity index (χ2v) is 5.55. The van der Waals surface area contributed by atoms with Gasteiger partial charge in [-0.15, -0.1) is 11.3 Å². The molecule has 2 rings (SSSR count). The molecule has 18 heavy (non-hydrogen) atoms. The molecule has 0 aliphatic heterocycles. The average Bonchev–Trinajstić information content (AvgIpc) is 2.84. The van der Waals surface area contributed by atoms with Crippen LogP contribution in [0.3, 0.4) is 0 Å². The highest BCUT2D eigenvalue weighted by molar-refractivity contribution is 7.12. The topological polar surface area (TPSA) is 38.9 Å². The van der Waals surface area contributed by atoms with Crippen LogP contribution in [-0.4, -0.2) is 4.98 Å². The Morgan fingerprint density at radius 1 is 1.22 bits per heavy atom. The van der Waals surface area contributed by atoms with Gasteiger partial charge < -0.3 is 5.73 Å². The van der Waals surface area contributed by atoms with Gasteiger partial charge >= 0.3 is 0 Å². The van der Waals surface area contributed by atoms with Gasteiger partial charge in [0.15, 0.2) is 0 Å². The molecule has 0 spiro atoms. The zero-order valence-corrected chi connectivity index (χ0v) is 11.8. The van der Waals surface area contributed by atoms with Crippen LogP contribution in [0.5, 0.6) is 0 Å². The molecule has 0 radical (unpaired) electrons. The van der Waals surface area contributed by atoms with Crippen molar-refractivity contribution >= 4 is 11.3 Å². The highest BCUT2D eigenvalue weighted by Crippen LogP contribution is 2.31. The summed E-state index contributed by atoms with van der Waals surface area (Å²) in [4.78, 5) is 6.10. The van der Waals surface area contributed by atoms with Gasteiger partial charge in [0, 0.05) is 10.4 Å². The lowest BCUT2D eigenvalue weighted by Crippen LogP contribution is -2.09. The average molecular weight is 260 g/mol. The van der Waals surface area contributed by atoms with Crippen LogP contribution >= 0.6 is 11.3 Å². The Morgan fingerprint density at radius 2 is 1.94 bits per heavy atom. The van der Waals surface area contributed by atoms with Gasteiger partial charge in [-0.25, -0.2) is 4.98 Å². The minimum absolute atomic E-state index is 0.0859. The van der Waals surface area contributed by atoms with E-state index >= 15 is 0 Å². The van der Waals surface area contributed by atoms with E-state index in [2.05, 4.69) is 38.1 Å². The van der Waals surface area contributed by atoms with Crippen molar-refractivity contribution in [3.05, 3.63) is 40.2 Å². The summed E-state index contributed by atoms with van der Waals surface area (Å²) in [6.45, 7) is 4.33. The number of thiazole rings is 1. The summed E-state index contributed by atoms with van der Waals surface area (Å²) < 4.78 is 0. The fraction of sp³-hybridized carbons (Fsp3) is 0.400. The first kappa shape index (κ1) is 13.2. The van der Waals surface area contributed by atoms with Gasteiger partial charge in [0.1, 0.15) is 5.01 Å². The number of hydrogen-bond acceptors (Lipinski definition) is 3. The maximum atomic E-state index is 6.17. The van der Waals surface area contributed by atoms with Gasteiger partial charge in [-0.05, 0) is 12.8 Å². The molecule has 3 heteroatoms. The van der Waals surface area contributed by atoms with E-state index in [9.17, 15) is 0 Å². The lowest BCUT2D eigenvalue weighted by molar-refractivity contribution is 0.635. The van der Waals surface area contributed by atoms with Gasteiger partial charge in [-0.2, -0.15) is 0 Å². The van der Waals surface area contributed by atoms with Crippen LogP contribution < -0.4 is 5.73 Å². The first-order valence-corrected chi connectivity index (χ1v) is 7.38. The molecule has 0 saturated heterocycles.